The minimum absolute atomic E-state index is 0.0715. The Bertz CT molecular complexity index is 323. The molecule has 4 rings (SSSR count). The fourth-order valence-corrected chi connectivity index (χ4v) is 5.26. The van der Waals surface area contributed by atoms with Crippen LogP contribution in [-0.2, 0) is 4.79 Å². The Morgan fingerprint density at radius 2 is 1.72 bits per heavy atom. The molecule has 0 radical (unpaired) electrons. The highest BCUT2D eigenvalue weighted by molar-refractivity contribution is 5.87. The first-order valence-corrected chi connectivity index (χ1v) is 7.60. The van der Waals surface area contributed by atoms with Gasteiger partial charge in [-0.05, 0) is 81.1 Å². The van der Waals surface area contributed by atoms with E-state index in [2.05, 4.69) is 5.32 Å². The first kappa shape index (κ1) is 12.3. The average Bonchev–Trinajstić information content (AvgIpc) is 2.26. The summed E-state index contributed by atoms with van der Waals surface area (Å²) in [7, 11) is 0. The van der Waals surface area contributed by atoms with Crippen LogP contribution in [0.2, 0.25) is 0 Å². The second kappa shape index (κ2) is 4.71. The van der Waals surface area contributed by atoms with E-state index in [-0.39, 0.29) is 5.91 Å². The molecule has 0 spiro atoms. The van der Waals surface area contributed by atoms with Gasteiger partial charge in [0, 0.05) is 6.54 Å². The lowest BCUT2D eigenvalue weighted by Gasteiger charge is -2.57. The molecule has 4 bridgehead atoms. The van der Waals surface area contributed by atoms with E-state index in [1.54, 1.807) is 12.2 Å². The van der Waals surface area contributed by atoms with Gasteiger partial charge in [-0.3, -0.25) is 4.79 Å². The van der Waals surface area contributed by atoms with Gasteiger partial charge in [0.25, 0.3) is 0 Å². The van der Waals surface area contributed by atoms with E-state index in [4.69, 9.17) is 0 Å². The van der Waals surface area contributed by atoms with Crippen molar-refractivity contribution >= 4 is 5.91 Å². The topological polar surface area (TPSA) is 29.1 Å². The molecule has 0 aromatic carbocycles. The molecule has 0 aromatic heterocycles. The molecule has 4 fully saturated rings. The van der Waals surface area contributed by atoms with Crippen LogP contribution in [0, 0.1) is 23.2 Å². The van der Waals surface area contributed by atoms with Gasteiger partial charge in [-0.1, -0.05) is 6.08 Å². The van der Waals surface area contributed by atoms with Crippen molar-refractivity contribution in [2.75, 3.05) is 6.54 Å². The monoisotopic (exact) mass is 247 g/mol. The first-order chi connectivity index (χ1) is 8.69. The predicted molar refractivity (Wildman–Crippen MR) is 73.0 cm³/mol. The number of amides is 1. The summed E-state index contributed by atoms with van der Waals surface area (Å²) in [6.45, 7) is 2.76. The lowest BCUT2D eigenvalue weighted by molar-refractivity contribution is -0.116. The van der Waals surface area contributed by atoms with Crippen molar-refractivity contribution < 1.29 is 4.79 Å². The van der Waals surface area contributed by atoms with Crippen molar-refractivity contribution in [2.45, 2.75) is 51.9 Å². The molecule has 4 saturated carbocycles. The van der Waals surface area contributed by atoms with Crippen LogP contribution in [-0.4, -0.2) is 12.5 Å². The summed E-state index contributed by atoms with van der Waals surface area (Å²) >= 11 is 0. The number of hydrogen-bond acceptors (Lipinski definition) is 1. The molecule has 0 saturated heterocycles. The Hall–Kier alpha value is -0.790. The smallest absolute Gasteiger partial charge is 0.243 e. The summed E-state index contributed by atoms with van der Waals surface area (Å²) in [6.07, 6.45) is 13.5. The van der Waals surface area contributed by atoms with E-state index in [0.717, 1.165) is 24.3 Å². The van der Waals surface area contributed by atoms with E-state index in [1.165, 1.54) is 44.9 Å². The molecule has 0 heterocycles. The zero-order chi connectivity index (χ0) is 12.6. The van der Waals surface area contributed by atoms with Gasteiger partial charge in [0.2, 0.25) is 5.91 Å². The Kier molecular flexibility index (Phi) is 3.21. The van der Waals surface area contributed by atoms with Crippen molar-refractivity contribution in [1.82, 2.24) is 5.32 Å². The molecule has 4 aliphatic rings. The summed E-state index contributed by atoms with van der Waals surface area (Å²) in [5, 5.41) is 3.03. The molecule has 0 unspecified atom stereocenters. The maximum atomic E-state index is 11.4. The Balaban J connectivity index is 1.54. The van der Waals surface area contributed by atoms with Gasteiger partial charge >= 0.3 is 0 Å². The highest BCUT2D eigenvalue weighted by Gasteiger charge is 2.50. The largest absolute Gasteiger partial charge is 0.353 e. The summed E-state index contributed by atoms with van der Waals surface area (Å²) in [5.74, 6) is 3.12. The molecule has 2 nitrogen and oxygen atoms in total. The van der Waals surface area contributed by atoms with Crippen molar-refractivity contribution in [3.63, 3.8) is 0 Å². The molecule has 1 amide bonds. The van der Waals surface area contributed by atoms with Crippen LogP contribution in [0.1, 0.15) is 51.9 Å². The second-order valence-electron chi connectivity index (χ2n) is 6.96. The summed E-state index contributed by atoms with van der Waals surface area (Å²) < 4.78 is 0. The molecule has 4 aliphatic carbocycles. The lowest BCUT2D eigenvalue weighted by Crippen LogP contribution is -2.47. The molecule has 100 valence electrons. The molecule has 0 aliphatic heterocycles. The first-order valence-electron chi connectivity index (χ1n) is 7.60. The lowest BCUT2D eigenvalue weighted by atomic mass is 9.49. The van der Waals surface area contributed by atoms with E-state index >= 15 is 0 Å². The number of nitrogens with one attached hydrogen (secondary N) is 1. The maximum Gasteiger partial charge on any atom is 0.243 e. The van der Waals surface area contributed by atoms with Gasteiger partial charge in [0.15, 0.2) is 0 Å². The number of allylic oxidation sites excluding steroid dienone is 1. The fraction of sp³-hybridized carbons (Fsp3) is 0.812. The predicted octanol–water partition coefficient (Wildman–Crippen LogP) is 3.29. The SMILES string of the molecule is CC=CC(=O)NCCC12CC3CC(CC(C3)C1)C2. The van der Waals surface area contributed by atoms with Crippen LogP contribution in [0.5, 0.6) is 0 Å². The highest BCUT2D eigenvalue weighted by atomic mass is 16.1. The highest BCUT2D eigenvalue weighted by Crippen LogP contribution is 2.61. The minimum Gasteiger partial charge on any atom is -0.353 e. The van der Waals surface area contributed by atoms with Gasteiger partial charge in [0.05, 0.1) is 0 Å². The number of carbonyl (C=O) groups is 1. The van der Waals surface area contributed by atoms with Gasteiger partial charge in [-0.2, -0.15) is 0 Å². The normalized spacial score (nSPS) is 41.5. The molecular formula is C16H25NO. The summed E-state index contributed by atoms with van der Waals surface area (Å²) in [4.78, 5) is 11.4. The van der Waals surface area contributed by atoms with Crippen LogP contribution in [0.25, 0.3) is 0 Å². The third-order valence-corrected chi connectivity index (χ3v) is 5.44. The number of carbonyl (C=O) groups excluding carboxylic acids is 1. The third kappa shape index (κ3) is 2.34. The molecule has 18 heavy (non-hydrogen) atoms. The van der Waals surface area contributed by atoms with Crippen molar-refractivity contribution in [3.05, 3.63) is 12.2 Å². The Labute approximate surface area is 110 Å². The fourth-order valence-electron chi connectivity index (χ4n) is 5.26. The Morgan fingerprint density at radius 3 is 2.22 bits per heavy atom. The van der Waals surface area contributed by atoms with Crippen LogP contribution >= 0.6 is 0 Å². The zero-order valence-corrected chi connectivity index (χ0v) is 11.5. The van der Waals surface area contributed by atoms with Gasteiger partial charge in [-0.15, -0.1) is 0 Å². The van der Waals surface area contributed by atoms with Gasteiger partial charge < -0.3 is 5.32 Å². The van der Waals surface area contributed by atoms with E-state index in [9.17, 15) is 4.79 Å². The van der Waals surface area contributed by atoms with E-state index in [1.807, 2.05) is 6.92 Å². The molecule has 0 atom stereocenters. The number of hydrogen-bond donors (Lipinski definition) is 1. The van der Waals surface area contributed by atoms with E-state index in [0.29, 0.717) is 5.41 Å². The van der Waals surface area contributed by atoms with Crippen LogP contribution in [0.4, 0.5) is 0 Å². The molecule has 0 aromatic rings. The van der Waals surface area contributed by atoms with Crippen LogP contribution in [0.3, 0.4) is 0 Å². The van der Waals surface area contributed by atoms with Crippen molar-refractivity contribution in [1.29, 1.82) is 0 Å². The van der Waals surface area contributed by atoms with Crippen LogP contribution < -0.4 is 5.32 Å². The second-order valence-corrected chi connectivity index (χ2v) is 6.96. The van der Waals surface area contributed by atoms with E-state index < -0.39 is 0 Å². The van der Waals surface area contributed by atoms with Crippen molar-refractivity contribution in [2.24, 2.45) is 23.2 Å². The van der Waals surface area contributed by atoms with Gasteiger partial charge in [-0.25, -0.2) is 0 Å². The van der Waals surface area contributed by atoms with Crippen LogP contribution in [0.15, 0.2) is 12.2 Å². The summed E-state index contributed by atoms with van der Waals surface area (Å²) in [5.41, 5.74) is 0.595. The molecule has 1 N–H and O–H groups in total. The molecule has 2 heteroatoms. The minimum atomic E-state index is 0.0715. The third-order valence-electron chi connectivity index (χ3n) is 5.44. The standard InChI is InChI=1S/C16H25NO/c1-2-3-15(18)17-5-4-16-9-12-6-13(10-16)8-14(7-12)11-16/h2-3,12-14H,4-11H2,1H3,(H,17,18). The average molecular weight is 247 g/mol. The zero-order valence-electron chi connectivity index (χ0n) is 11.5. The maximum absolute atomic E-state index is 11.4. The summed E-state index contributed by atoms with van der Waals surface area (Å²) in [6, 6.07) is 0. The Morgan fingerprint density at radius 1 is 1.17 bits per heavy atom. The van der Waals surface area contributed by atoms with Crippen molar-refractivity contribution in [3.8, 4) is 0 Å². The number of rotatable bonds is 4. The quantitative estimate of drug-likeness (QED) is 0.759. The van der Waals surface area contributed by atoms with Gasteiger partial charge in [0.1, 0.15) is 0 Å². The molecular weight excluding hydrogens is 222 g/mol.